The number of sulfonamides is 1. The van der Waals surface area contributed by atoms with Gasteiger partial charge in [0.1, 0.15) is 5.82 Å². The van der Waals surface area contributed by atoms with Gasteiger partial charge in [-0.05, 0) is 30.3 Å². The van der Waals surface area contributed by atoms with Gasteiger partial charge >= 0.3 is 0 Å². The summed E-state index contributed by atoms with van der Waals surface area (Å²) in [5.74, 6) is 0.00710. The predicted molar refractivity (Wildman–Crippen MR) is 85.6 cm³/mol. The maximum absolute atomic E-state index is 12.6. The van der Waals surface area contributed by atoms with Crippen LogP contribution < -0.4 is 9.62 Å². The summed E-state index contributed by atoms with van der Waals surface area (Å²) in [4.78, 5) is 15.1. The van der Waals surface area contributed by atoms with Crippen LogP contribution in [0, 0.1) is 0 Å². The largest absolute Gasteiger partial charge is 0.325 e. The molecule has 1 aromatic heterocycles. The molecular formula is C14H14ClN3O3S. The average molecular weight is 340 g/mol. The monoisotopic (exact) mass is 339 g/mol. The minimum absolute atomic E-state index is 0.0137. The molecular weight excluding hydrogens is 326 g/mol. The van der Waals surface area contributed by atoms with Gasteiger partial charge in [0.25, 0.3) is 10.0 Å². The second kappa shape index (κ2) is 6.33. The fourth-order valence-electron chi connectivity index (χ4n) is 1.77. The normalized spacial score (nSPS) is 11.0. The summed E-state index contributed by atoms with van der Waals surface area (Å²) in [6.45, 7) is 1.34. The lowest BCUT2D eigenvalue weighted by molar-refractivity contribution is -0.114. The Labute approximate surface area is 133 Å². The molecule has 1 heterocycles. The van der Waals surface area contributed by atoms with Gasteiger partial charge in [-0.25, -0.2) is 13.4 Å². The van der Waals surface area contributed by atoms with Gasteiger partial charge in [-0.2, -0.15) is 0 Å². The molecule has 1 N–H and O–H groups in total. The molecule has 0 radical (unpaired) electrons. The summed E-state index contributed by atoms with van der Waals surface area (Å²) in [5, 5.41) is 2.67. The van der Waals surface area contributed by atoms with Gasteiger partial charge in [-0.15, -0.1) is 0 Å². The number of nitrogens with one attached hydrogen (secondary N) is 1. The van der Waals surface area contributed by atoms with Crippen molar-refractivity contribution in [2.24, 2.45) is 0 Å². The summed E-state index contributed by atoms with van der Waals surface area (Å²) >= 11 is 6.02. The van der Waals surface area contributed by atoms with Crippen LogP contribution in [-0.2, 0) is 14.8 Å². The molecule has 8 heteroatoms. The van der Waals surface area contributed by atoms with E-state index in [2.05, 4.69) is 10.3 Å². The van der Waals surface area contributed by atoms with Crippen molar-refractivity contribution >= 4 is 39.0 Å². The van der Waals surface area contributed by atoms with E-state index in [1.807, 2.05) is 0 Å². The lowest BCUT2D eigenvalue weighted by Gasteiger charge is -2.18. The summed E-state index contributed by atoms with van der Waals surface area (Å²) in [7, 11) is -2.38. The first kappa shape index (κ1) is 16.3. The van der Waals surface area contributed by atoms with Crippen LogP contribution in [0.5, 0.6) is 0 Å². The molecule has 2 rings (SSSR count). The first-order valence-corrected chi connectivity index (χ1v) is 8.11. The smallest absolute Gasteiger partial charge is 0.265 e. The van der Waals surface area contributed by atoms with Crippen LogP contribution in [0.25, 0.3) is 0 Å². The molecule has 0 aliphatic heterocycles. The van der Waals surface area contributed by atoms with Crippen LogP contribution in [0.15, 0.2) is 47.5 Å². The number of carbonyl (C=O) groups is 1. The fourth-order valence-corrected chi connectivity index (χ4v) is 3.24. The van der Waals surface area contributed by atoms with E-state index in [0.717, 1.165) is 4.31 Å². The molecule has 0 bridgehead atoms. The predicted octanol–water partition coefficient (Wildman–Crippen LogP) is 2.52. The van der Waals surface area contributed by atoms with Crippen molar-refractivity contribution in [2.75, 3.05) is 16.7 Å². The lowest BCUT2D eigenvalue weighted by Crippen LogP contribution is -2.27. The molecule has 0 unspecified atom stereocenters. The Morgan fingerprint density at radius 1 is 1.27 bits per heavy atom. The van der Waals surface area contributed by atoms with Crippen molar-refractivity contribution in [1.82, 2.24) is 4.98 Å². The highest BCUT2D eigenvalue weighted by Crippen LogP contribution is 2.27. The standard InChI is InChI=1S/C14H14ClN3O3S/c1-10(19)17-13-7-6-11(9-12(13)15)22(20,21)18(2)14-5-3-4-8-16-14/h3-9H,1-2H3,(H,17,19). The average Bonchev–Trinajstić information content (AvgIpc) is 2.49. The van der Waals surface area contributed by atoms with Crippen LogP contribution in [0.1, 0.15) is 6.92 Å². The molecule has 0 saturated carbocycles. The number of halogens is 1. The second-order valence-electron chi connectivity index (χ2n) is 4.48. The number of aromatic nitrogens is 1. The molecule has 22 heavy (non-hydrogen) atoms. The molecule has 0 aliphatic rings. The van der Waals surface area contributed by atoms with E-state index in [0.29, 0.717) is 11.5 Å². The number of pyridine rings is 1. The highest BCUT2D eigenvalue weighted by atomic mass is 35.5. The highest BCUT2D eigenvalue weighted by molar-refractivity contribution is 7.92. The Balaban J connectivity index is 2.38. The summed E-state index contributed by atoms with van der Waals surface area (Å²) in [5.41, 5.74) is 0.355. The van der Waals surface area contributed by atoms with Gasteiger partial charge in [0.05, 0.1) is 15.6 Å². The molecule has 0 fully saturated rings. The van der Waals surface area contributed by atoms with E-state index in [4.69, 9.17) is 11.6 Å². The first-order chi connectivity index (χ1) is 10.3. The van der Waals surface area contributed by atoms with Crippen LogP contribution in [0.2, 0.25) is 5.02 Å². The second-order valence-corrected chi connectivity index (χ2v) is 6.86. The van der Waals surface area contributed by atoms with Gasteiger partial charge in [0.15, 0.2) is 0 Å². The Morgan fingerprint density at radius 2 is 2.00 bits per heavy atom. The Hall–Kier alpha value is -2.12. The zero-order valence-electron chi connectivity index (χ0n) is 11.9. The summed E-state index contributed by atoms with van der Waals surface area (Å²) < 4.78 is 26.2. The SMILES string of the molecule is CC(=O)Nc1ccc(S(=O)(=O)N(C)c2ccccn2)cc1Cl. The molecule has 1 amide bonds. The van der Waals surface area contributed by atoms with Crippen molar-refractivity contribution in [1.29, 1.82) is 0 Å². The number of anilines is 2. The number of benzene rings is 1. The highest BCUT2D eigenvalue weighted by Gasteiger charge is 2.23. The van der Waals surface area contributed by atoms with E-state index < -0.39 is 10.0 Å². The molecule has 6 nitrogen and oxygen atoms in total. The fraction of sp³-hybridized carbons (Fsp3) is 0.143. The number of rotatable bonds is 4. The van der Waals surface area contributed by atoms with Crippen molar-refractivity contribution in [3.8, 4) is 0 Å². The quantitative estimate of drug-likeness (QED) is 0.928. The minimum atomic E-state index is -3.79. The number of nitrogens with zero attached hydrogens (tertiary/aromatic N) is 2. The number of amides is 1. The van der Waals surface area contributed by atoms with Crippen LogP contribution in [0.3, 0.4) is 0 Å². The van der Waals surface area contributed by atoms with E-state index in [-0.39, 0.29) is 15.8 Å². The third-order valence-corrected chi connectivity index (χ3v) is 4.95. The Bertz CT molecular complexity index is 794. The third kappa shape index (κ3) is 3.37. The Morgan fingerprint density at radius 3 is 2.55 bits per heavy atom. The topological polar surface area (TPSA) is 79.4 Å². The number of hydrogen-bond acceptors (Lipinski definition) is 4. The molecule has 0 spiro atoms. The van der Waals surface area contributed by atoms with Gasteiger partial charge < -0.3 is 5.32 Å². The first-order valence-electron chi connectivity index (χ1n) is 6.29. The summed E-state index contributed by atoms with van der Waals surface area (Å²) in [6, 6.07) is 9.10. The molecule has 1 aromatic carbocycles. The molecule has 2 aromatic rings. The van der Waals surface area contributed by atoms with Crippen molar-refractivity contribution in [3.05, 3.63) is 47.6 Å². The number of carbonyl (C=O) groups excluding carboxylic acids is 1. The van der Waals surface area contributed by atoms with E-state index in [1.54, 1.807) is 18.2 Å². The molecule has 116 valence electrons. The zero-order valence-corrected chi connectivity index (χ0v) is 13.5. The van der Waals surface area contributed by atoms with Crippen LogP contribution >= 0.6 is 11.6 Å². The van der Waals surface area contributed by atoms with Gasteiger partial charge in [-0.3, -0.25) is 9.10 Å². The van der Waals surface area contributed by atoms with Crippen molar-refractivity contribution in [2.45, 2.75) is 11.8 Å². The third-order valence-electron chi connectivity index (χ3n) is 2.88. The van der Waals surface area contributed by atoms with Gasteiger partial charge in [0.2, 0.25) is 5.91 Å². The minimum Gasteiger partial charge on any atom is -0.325 e. The van der Waals surface area contributed by atoms with E-state index in [1.165, 1.54) is 38.4 Å². The molecule has 0 atom stereocenters. The molecule has 0 saturated heterocycles. The van der Waals surface area contributed by atoms with E-state index in [9.17, 15) is 13.2 Å². The lowest BCUT2D eigenvalue weighted by atomic mass is 10.3. The van der Waals surface area contributed by atoms with Crippen LogP contribution in [-0.4, -0.2) is 26.4 Å². The zero-order chi connectivity index (χ0) is 16.3. The number of hydrogen-bond donors (Lipinski definition) is 1. The Kier molecular flexibility index (Phi) is 4.68. The summed E-state index contributed by atoms with van der Waals surface area (Å²) in [6.07, 6.45) is 1.51. The van der Waals surface area contributed by atoms with Gasteiger partial charge in [0, 0.05) is 20.2 Å². The van der Waals surface area contributed by atoms with Crippen LogP contribution in [0.4, 0.5) is 11.5 Å². The van der Waals surface area contributed by atoms with Crippen molar-refractivity contribution in [3.63, 3.8) is 0 Å². The molecule has 0 aliphatic carbocycles. The van der Waals surface area contributed by atoms with Gasteiger partial charge in [-0.1, -0.05) is 17.7 Å². The van der Waals surface area contributed by atoms with E-state index >= 15 is 0 Å². The maximum atomic E-state index is 12.6. The van der Waals surface area contributed by atoms with Crippen molar-refractivity contribution < 1.29 is 13.2 Å². The maximum Gasteiger partial charge on any atom is 0.265 e.